The highest BCUT2D eigenvalue weighted by atomic mass is 16.6. The van der Waals surface area contributed by atoms with Crippen LogP contribution in [0.15, 0.2) is 60.8 Å². The summed E-state index contributed by atoms with van der Waals surface area (Å²) in [6.07, 6.45) is 1.80. The number of esters is 2. The Morgan fingerprint density at radius 1 is 1.00 bits per heavy atom. The molecule has 2 aromatic carbocycles. The van der Waals surface area contributed by atoms with E-state index in [9.17, 15) is 14.4 Å². The largest absolute Gasteiger partial charge is 0.497 e. The summed E-state index contributed by atoms with van der Waals surface area (Å²) in [4.78, 5) is 37.9. The predicted octanol–water partition coefficient (Wildman–Crippen LogP) is 4.67. The average Bonchev–Trinajstić information content (AvgIpc) is 3.16. The molecule has 8 nitrogen and oxygen atoms in total. The summed E-state index contributed by atoms with van der Waals surface area (Å²) in [5.74, 6) is -1.08. The topological polar surface area (TPSA) is 95.9 Å². The van der Waals surface area contributed by atoms with Crippen molar-refractivity contribution in [2.24, 2.45) is 0 Å². The predicted molar refractivity (Wildman–Crippen MR) is 132 cm³/mol. The Morgan fingerprint density at radius 3 is 2.23 bits per heavy atom. The summed E-state index contributed by atoms with van der Waals surface area (Å²) in [6, 6.07) is 16.9. The number of anilines is 1. The molecule has 1 amide bonds. The molecule has 0 fully saturated rings. The van der Waals surface area contributed by atoms with Crippen molar-refractivity contribution in [2.45, 2.75) is 39.8 Å². The molecule has 1 N–H and O–H groups in total. The average molecular weight is 479 g/mol. The van der Waals surface area contributed by atoms with Gasteiger partial charge in [0.1, 0.15) is 5.75 Å². The van der Waals surface area contributed by atoms with E-state index in [4.69, 9.17) is 14.2 Å². The highest BCUT2D eigenvalue weighted by molar-refractivity contribution is 6.07. The highest BCUT2D eigenvalue weighted by Gasteiger charge is 2.34. The van der Waals surface area contributed by atoms with E-state index >= 15 is 0 Å². The maximum absolute atomic E-state index is 13.2. The molecule has 0 bridgehead atoms. The van der Waals surface area contributed by atoms with Crippen LogP contribution in [0, 0.1) is 0 Å². The normalized spacial score (nSPS) is 11.0. The van der Waals surface area contributed by atoms with Crippen LogP contribution >= 0.6 is 0 Å². The van der Waals surface area contributed by atoms with Gasteiger partial charge in [-0.25, -0.2) is 4.79 Å². The zero-order valence-electron chi connectivity index (χ0n) is 20.6. The van der Waals surface area contributed by atoms with E-state index in [1.54, 1.807) is 36.9 Å². The number of hydrogen-bond donors (Lipinski definition) is 1. The third-order valence-corrected chi connectivity index (χ3v) is 5.33. The molecular formula is C27H30N2O6. The van der Waals surface area contributed by atoms with Gasteiger partial charge in [0.2, 0.25) is 0 Å². The van der Waals surface area contributed by atoms with Crippen LogP contribution in [0.5, 0.6) is 5.75 Å². The molecule has 0 saturated heterocycles. The molecule has 3 rings (SSSR count). The van der Waals surface area contributed by atoms with Crippen LogP contribution < -0.4 is 10.1 Å². The maximum atomic E-state index is 13.2. The summed E-state index contributed by atoms with van der Waals surface area (Å²) in [5.41, 5.74) is 1.33. The van der Waals surface area contributed by atoms with E-state index in [-0.39, 0.29) is 18.0 Å². The molecule has 1 heterocycles. The minimum absolute atomic E-state index is 0.166. The molecule has 0 unspecified atom stereocenters. The fourth-order valence-corrected chi connectivity index (χ4v) is 3.67. The van der Waals surface area contributed by atoms with Crippen molar-refractivity contribution >= 4 is 23.5 Å². The number of nitrogens with one attached hydrogen (secondary N) is 1. The van der Waals surface area contributed by atoms with Gasteiger partial charge in [-0.2, -0.15) is 0 Å². The lowest BCUT2D eigenvalue weighted by Gasteiger charge is -2.23. The van der Waals surface area contributed by atoms with Gasteiger partial charge in [-0.1, -0.05) is 42.5 Å². The summed E-state index contributed by atoms with van der Waals surface area (Å²) in [5, 5.41) is 2.83. The minimum atomic E-state index is -1.46. The van der Waals surface area contributed by atoms with Crippen molar-refractivity contribution in [3.05, 3.63) is 72.1 Å². The van der Waals surface area contributed by atoms with Crippen LogP contribution in [0.3, 0.4) is 0 Å². The Morgan fingerprint density at radius 2 is 1.66 bits per heavy atom. The van der Waals surface area contributed by atoms with Gasteiger partial charge in [0.15, 0.2) is 11.3 Å². The molecule has 0 aliphatic rings. The van der Waals surface area contributed by atoms with Crippen molar-refractivity contribution in [1.29, 1.82) is 0 Å². The molecule has 0 spiro atoms. The molecule has 0 radical (unpaired) electrons. The quantitative estimate of drug-likeness (QED) is 0.449. The third-order valence-electron chi connectivity index (χ3n) is 5.33. The second kappa shape index (κ2) is 10.9. The van der Waals surface area contributed by atoms with E-state index in [1.807, 2.05) is 42.5 Å². The number of rotatable bonds is 9. The SMILES string of the molecule is CCOC(=O)c1c(NC(=O)C(C)(C)OC(C)=O)c(-c2ccc(OC)cc2)cn1Cc1ccccc1. The maximum Gasteiger partial charge on any atom is 0.357 e. The van der Waals surface area contributed by atoms with Gasteiger partial charge in [-0.3, -0.25) is 9.59 Å². The van der Waals surface area contributed by atoms with Gasteiger partial charge in [0.25, 0.3) is 5.91 Å². The van der Waals surface area contributed by atoms with E-state index in [1.165, 1.54) is 20.8 Å². The molecule has 3 aromatic rings. The number of carbonyl (C=O) groups excluding carboxylic acids is 3. The molecule has 0 aliphatic carbocycles. The van der Waals surface area contributed by atoms with Gasteiger partial charge in [0.05, 0.1) is 19.4 Å². The van der Waals surface area contributed by atoms with Crippen molar-refractivity contribution < 1.29 is 28.6 Å². The van der Waals surface area contributed by atoms with Gasteiger partial charge in [0, 0.05) is 25.2 Å². The number of ether oxygens (including phenoxy) is 3. The molecule has 35 heavy (non-hydrogen) atoms. The van der Waals surface area contributed by atoms with Crippen molar-refractivity contribution in [3.63, 3.8) is 0 Å². The fourth-order valence-electron chi connectivity index (χ4n) is 3.67. The standard InChI is InChI=1S/C27H30N2O6/c1-6-34-25(31)24-23(28-26(32)27(3,4)35-18(2)30)22(20-12-14-21(33-5)15-13-20)17-29(24)16-19-10-8-7-9-11-19/h7-15,17H,6,16H2,1-5H3,(H,28,32). The molecular weight excluding hydrogens is 448 g/mol. The van der Waals surface area contributed by atoms with Crippen LogP contribution in [0.1, 0.15) is 43.7 Å². The molecule has 0 aliphatic heterocycles. The van der Waals surface area contributed by atoms with E-state index < -0.39 is 23.4 Å². The summed E-state index contributed by atoms with van der Waals surface area (Å²) >= 11 is 0. The second-order valence-corrected chi connectivity index (χ2v) is 8.39. The lowest BCUT2D eigenvalue weighted by molar-refractivity contribution is -0.160. The number of nitrogens with zero attached hydrogens (tertiary/aromatic N) is 1. The highest BCUT2D eigenvalue weighted by Crippen LogP contribution is 2.36. The van der Waals surface area contributed by atoms with Crippen molar-refractivity contribution in [1.82, 2.24) is 4.57 Å². The minimum Gasteiger partial charge on any atom is -0.497 e. The van der Waals surface area contributed by atoms with E-state index in [2.05, 4.69) is 5.32 Å². The number of hydrogen-bond acceptors (Lipinski definition) is 6. The van der Waals surface area contributed by atoms with Crippen molar-refractivity contribution in [2.75, 3.05) is 19.0 Å². The number of carbonyl (C=O) groups is 3. The smallest absolute Gasteiger partial charge is 0.357 e. The van der Waals surface area contributed by atoms with Gasteiger partial charge in [-0.15, -0.1) is 0 Å². The Hall–Kier alpha value is -4.07. The van der Waals surface area contributed by atoms with Crippen LogP contribution in [0.2, 0.25) is 0 Å². The van der Waals surface area contributed by atoms with Gasteiger partial charge in [-0.05, 0) is 44.0 Å². The summed E-state index contributed by atoms with van der Waals surface area (Å²) < 4.78 is 17.6. The Kier molecular flexibility index (Phi) is 7.96. The Balaban J connectivity index is 2.17. The summed E-state index contributed by atoms with van der Waals surface area (Å²) in [7, 11) is 1.58. The zero-order valence-corrected chi connectivity index (χ0v) is 20.6. The van der Waals surface area contributed by atoms with Gasteiger partial charge < -0.3 is 24.1 Å². The first-order chi connectivity index (χ1) is 16.7. The molecule has 8 heteroatoms. The van der Waals surface area contributed by atoms with Gasteiger partial charge >= 0.3 is 11.9 Å². The van der Waals surface area contributed by atoms with Crippen molar-refractivity contribution in [3.8, 4) is 16.9 Å². The monoisotopic (exact) mass is 478 g/mol. The third kappa shape index (κ3) is 6.09. The van der Waals surface area contributed by atoms with E-state index in [0.29, 0.717) is 17.9 Å². The molecule has 184 valence electrons. The summed E-state index contributed by atoms with van der Waals surface area (Å²) in [6.45, 7) is 6.47. The number of aromatic nitrogens is 1. The Labute approximate surface area is 204 Å². The lowest BCUT2D eigenvalue weighted by atomic mass is 10.0. The number of amides is 1. The zero-order chi connectivity index (χ0) is 25.6. The lowest BCUT2D eigenvalue weighted by Crippen LogP contribution is -2.41. The number of benzene rings is 2. The first-order valence-electron chi connectivity index (χ1n) is 11.3. The molecule has 0 saturated carbocycles. The first-order valence-corrected chi connectivity index (χ1v) is 11.3. The van der Waals surface area contributed by atoms with Crippen LogP contribution in [0.4, 0.5) is 5.69 Å². The Bertz CT molecular complexity index is 1200. The van der Waals surface area contributed by atoms with Crippen LogP contribution in [-0.4, -0.2) is 41.7 Å². The first kappa shape index (κ1) is 25.6. The number of methoxy groups -OCH3 is 1. The molecule has 0 atom stereocenters. The fraction of sp³-hybridized carbons (Fsp3) is 0.296. The van der Waals surface area contributed by atoms with E-state index in [0.717, 1.165) is 11.1 Å². The van der Waals surface area contributed by atoms with Crippen LogP contribution in [-0.2, 0) is 25.6 Å². The second-order valence-electron chi connectivity index (χ2n) is 8.39. The van der Waals surface area contributed by atoms with Crippen LogP contribution in [0.25, 0.3) is 11.1 Å². The molecule has 1 aromatic heterocycles.